The van der Waals surface area contributed by atoms with E-state index in [1.165, 1.54) is 42.5 Å². The zero-order valence-corrected chi connectivity index (χ0v) is 22.3. The number of nitrogens with zero attached hydrogens (tertiary/aromatic N) is 2. The molecule has 178 valence electrons. The fourth-order valence-electron chi connectivity index (χ4n) is 4.86. The van der Waals surface area contributed by atoms with E-state index >= 15 is 0 Å². The second kappa shape index (κ2) is 10.8. The van der Waals surface area contributed by atoms with Crippen molar-refractivity contribution < 1.29 is 0 Å². The maximum atomic E-state index is 13.9. The maximum absolute atomic E-state index is 13.9. The highest BCUT2D eigenvalue weighted by molar-refractivity contribution is 7.99. The molecular formula is C28H38N2OS2. The molecule has 1 aliphatic carbocycles. The lowest BCUT2D eigenvalue weighted by atomic mass is 9.72. The molecule has 3 nitrogen and oxygen atoms in total. The van der Waals surface area contributed by atoms with E-state index in [2.05, 4.69) is 39.8 Å². The summed E-state index contributed by atoms with van der Waals surface area (Å²) in [6, 6.07) is 10.3. The topological polar surface area (TPSA) is 34.9 Å². The Kier molecular flexibility index (Phi) is 8.01. The predicted octanol–water partition coefficient (Wildman–Crippen LogP) is 7.72. The summed E-state index contributed by atoms with van der Waals surface area (Å²) in [5.74, 6) is 1.69. The van der Waals surface area contributed by atoms with Gasteiger partial charge in [0.25, 0.3) is 5.56 Å². The highest BCUT2D eigenvalue weighted by Crippen LogP contribution is 2.42. The van der Waals surface area contributed by atoms with Crippen LogP contribution in [0.4, 0.5) is 0 Å². The van der Waals surface area contributed by atoms with E-state index in [4.69, 9.17) is 4.98 Å². The highest BCUT2D eigenvalue weighted by atomic mass is 32.2. The average Bonchev–Trinajstić information content (AvgIpc) is 3.16. The molecule has 0 N–H and O–H groups in total. The predicted molar refractivity (Wildman–Crippen MR) is 144 cm³/mol. The van der Waals surface area contributed by atoms with Crippen LogP contribution < -0.4 is 5.56 Å². The fourth-order valence-corrected chi connectivity index (χ4v) is 7.20. The zero-order chi connectivity index (χ0) is 23.4. The van der Waals surface area contributed by atoms with Crippen molar-refractivity contribution in [2.45, 2.75) is 90.8 Å². The summed E-state index contributed by atoms with van der Waals surface area (Å²) in [5.41, 5.74) is 2.89. The van der Waals surface area contributed by atoms with Crippen LogP contribution >= 0.6 is 23.1 Å². The Hall–Kier alpha value is -1.59. The smallest absolute Gasteiger partial charge is 0.263 e. The summed E-state index contributed by atoms with van der Waals surface area (Å²) in [6.45, 7) is 9.87. The second-order valence-electron chi connectivity index (χ2n) is 10.5. The lowest BCUT2D eigenvalue weighted by Crippen LogP contribution is -2.27. The van der Waals surface area contributed by atoms with Crippen LogP contribution in [0.3, 0.4) is 0 Å². The van der Waals surface area contributed by atoms with Gasteiger partial charge in [-0.05, 0) is 48.1 Å². The maximum Gasteiger partial charge on any atom is 0.263 e. The number of aryl methyl sites for hydroxylation is 1. The summed E-state index contributed by atoms with van der Waals surface area (Å²) in [6.07, 6.45) is 9.56. The molecule has 2 heterocycles. The van der Waals surface area contributed by atoms with Crippen LogP contribution in [0.25, 0.3) is 10.2 Å². The molecule has 2 aromatic heterocycles. The molecule has 1 aliphatic rings. The third-order valence-electron chi connectivity index (χ3n) is 7.02. The number of thioether (sulfide) groups is 1. The van der Waals surface area contributed by atoms with Gasteiger partial charge in [-0.1, -0.05) is 95.5 Å². The molecule has 0 fully saturated rings. The van der Waals surface area contributed by atoms with Gasteiger partial charge >= 0.3 is 0 Å². The first-order valence-corrected chi connectivity index (χ1v) is 14.4. The molecule has 5 heteroatoms. The van der Waals surface area contributed by atoms with Crippen LogP contribution in [0.1, 0.15) is 82.2 Å². The monoisotopic (exact) mass is 482 g/mol. The van der Waals surface area contributed by atoms with Crippen LogP contribution in [0.5, 0.6) is 0 Å². The second-order valence-corrected chi connectivity index (χ2v) is 12.7. The number of fused-ring (bicyclic) bond motifs is 3. The molecule has 0 spiro atoms. The Labute approximate surface area is 207 Å². The number of benzene rings is 1. The van der Waals surface area contributed by atoms with Crippen LogP contribution in [0.2, 0.25) is 0 Å². The Morgan fingerprint density at radius 2 is 1.88 bits per heavy atom. The molecule has 0 saturated carbocycles. The standard InChI is InChI=1S/C28H38N2OS2/c1-5-6-7-8-12-17-32-27-29-25-24(26(31)30(27)19-20-13-10-9-11-14-20)22-16-15-21(28(2,3)4)18-23(22)33-25/h9-11,13-14,21H,5-8,12,15-19H2,1-4H3/t21-/m1/s1. The molecule has 0 saturated heterocycles. The lowest BCUT2D eigenvalue weighted by Gasteiger charge is -2.33. The van der Waals surface area contributed by atoms with E-state index in [0.29, 0.717) is 17.9 Å². The van der Waals surface area contributed by atoms with Gasteiger partial charge in [0.1, 0.15) is 4.83 Å². The van der Waals surface area contributed by atoms with E-state index in [-0.39, 0.29) is 5.56 Å². The Balaban J connectivity index is 1.67. The molecule has 3 aromatic rings. The Bertz CT molecular complexity index is 1120. The molecule has 0 unspecified atom stereocenters. The number of rotatable bonds is 9. The van der Waals surface area contributed by atoms with E-state index in [0.717, 1.165) is 46.0 Å². The first-order chi connectivity index (χ1) is 15.9. The number of aromatic nitrogens is 2. The summed E-state index contributed by atoms with van der Waals surface area (Å²) in [5, 5.41) is 1.78. The minimum Gasteiger partial charge on any atom is -0.283 e. The van der Waals surface area contributed by atoms with Crippen LogP contribution in [-0.2, 0) is 19.4 Å². The Morgan fingerprint density at radius 1 is 1.12 bits per heavy atom. The molecule has 0 aliphatic heterocycles. The van der Waals surface area contributed by atoms with Crippen molar-refractivity contribution in [3.63, 3.8) is 0 Å². The number of hydrogen-bond donors (Lipinski definition) is 0. The summed E-state index contributed by atoms with van der Waals surface area (Å²) >= 11 is 3.54. The summed E-state index contributed by atoms with van der Waals surface area (Å²) in [4.78, 5) is 21.3. The van der Waals surface area contributed by atoms with Gasteiger partial charge in [-0.3, -0.25) is 9.36 Å². The third kappa shape index (κ3) is 5.74. The van der Waals surface area contributed by atoms with Crippen molar-refractivity contribution in [3.05, 3.63) is 56.7 Å². The molecular weight excluding hydrogens is 444 g/mol. The average molecular weight is 483 g/mol. The number of hydrogen-bond acceptors (Lipinski definition) is 4. The van der Waals surface area contributed by atoms with Crippen molar-refractivity contribution >= 4 is 33.3 Å². The highest BCUT2D eigenvalue weighted by Gasteiger charge is 2.32. The van der Waals surface area contributed by atoms with Crippen molar-refractivity contribution in [3.8, 4) is 0 Å². The van der Waals surface area contributed by atoms with Gasteiger partial charge in [0.15, 0.2) is 5.16 Å². The fraction of sp³-hybridized carbons (Fsp3) is 0.571. The van der Waals surface area contributed by atoms with E-state index in [1.807, 2.05) is 22.8 Å². The van der Waals surface area contributed by atoms with Gasteiger partial charge in [-0.2, -0.15) is 0 Å². The van der Waals surface area contributed by atoms with Gasteiger partial charge in [0, 0.05) is 10.6 Å². The molecule has 0 amide bonds. The number of unbranched alkanes of at least 4 members (excludes halogenated alkanes) is 4. The van der Waals surface area contributed by atoms with Crippen molar-refractivity contribution in [1.29, 1.82) is 0 Å². The molecule has 0 radical (unpaired) electrons. The summed E-state index contributed by atoms with van der Waals surface area (Å²) < 4.78 is 1.94. The van der Waals surface area contributed by atoms with Crippen molar-refractivity contribution in [1.82, 2.24) is 9.55 Å². The molecule has 1 atom stereocenters. The van der Waals surface area contributed by atoms with Gasteiger partial charge in [0.2, 0.25) is 0 Å². The van der Waals surface area contributed by atoms with E-state index < -0.39 is 0 Å². The molecule has 0 bridgehead atoms. The molecule has 33 heavy (non-hydrogen) atoms. The van der Waals surface area contributed by atoms with Crippen LogP contribution in [0, 0.1) is 11.3 Å². The minimum absolute atomic E-state index is 0.157. The normalized spacial score (nSPS) is 16.3. The zero-order valence-electron chi connectivity index (χ0n) is 20.7. The largest absolute Gasteiger partial charge is 0.283 e. The SMILES string of the molecule is CCCCCCCSc1nc2sc3c(c2c(=O)n1Cc1ccccc1)CC[C@@H](C(C)(C)C)C3. The van der Waals surface area contributed by atoms with Crippen molar-refractivity contribution in [2.24, 2.45) is 11.3 Å². The minimum atomic E-state index is 0.157. The Morgan fingerprint density at radius 3 is 2.61 bits per heavy atom. The van der Waals surface area contributed by atoms with E-state index in [9.17, 15) is 4.79 Å². The number of thiophene rings is 1. The van der Waals surface area contributed by atoms with Crippen LogP contribution in [-0.4, -0.2) is 15.3 Å². The first kappa shape index (κ1) is 24.5. The van der Waals surface area contributed by atoms with Gasteiger partial charge in [-0.15, -0.1) is 11.3 Å². The third-order valence-corrected chi connectivity index (χ3v) is 9.23. The van der Waals surface area contributed by atoms with E-state index in [1.54, 1.807) is 23.1 Å². The van der Waals surface area contributed by atoms with Crippen molar-refractivity contribution in [2.75, 3.05) is 5.75 Å². The van der Waals surface area contributed by atoms with Crippen LogP contribution in [0.15, 0.2) is 40.3 Å². The quantitative estimate of drug-likeness (QED) is 0.178. The molecule has 4 rings (SSSR count). The molecule has 1 aromatic carbocycles. The summed E-state index contributed by atoms with van der Waals surface area (Å²) in [7, 11) is 0. The lowest BCUT2D eigenvalue weighted by molar-refractivity contribution is 0.218. The van der Waals surface area contributed by atoms with Gasteiger partial charge in [-0.25, -0.2) is 4.98 Å². The first-order valence-electron chi connectivity index (χ1n) is 12.6. The van der Waals surface area contributed by atoms with Gasteiger partial charge < -0.3 is 0 Å². The van der Waals surface area contributed by atoms with Gasteiger partial charge in [0.05, 0.1) is 11.9 Å².